The van der Waals surface area contributed by atoms with Crippen molar-refractivity contribution in [1.29, 1.82) is 0 Å². The maximum absolute atomic E-state index is 5.91. The molecule has 0 saturated heterocycles. The Balaban J connectivity index is 2.13. The van der Waals surface area contributed by atoms with Crippen LogP contribution in [0, 0.1) is 0 Å². The van der Waals surface area contributed by atoms with E-state index in [2.05, 4.69) is 22.2 Å². The first-order valence-electron chi connectivity index (χ1n) is 4.18. The van der Waals surface area contributed by atoms with Crippen molar-refractivity contribution in [1.82, 2.24) is 10.0 Å². The van der Waals surface area contributed by atoms with Gasteiger partial charge in [0.15, 0.2) is 0 Å². The number of allylic oxidation sites excluding steroid dienone is 1. The van der Waals surface area contributed by atoms with Crippen LogP contribution in [0.2, 0.25) is 0 Å². The molecule has 0 radical (unpaired) electrons. The van der Waals surface area contributed by atoms with Crippen LogP contribution in [0.25, 0.3) is 0 Å². The van der Waals surface area contributed by atoms with Crippen molar-refractivity contribution in [2.75, 3.05) is 13.7 Å². The summed E-state index contributed by atoms with van der Waals surface area (Å²) in [6.07, 6.45) is 6.54. The highest BCUT2D eigenvalue weighted by Crippen LogP contribution is 2.23. The second-order valence-corrected chi connectivity index (χ2v) is 4.50. The predicted octanol–water partition coefficient (Wildman–Crippen LogP) is 1.73. The Morgan fingerprint density at radius 3 is 2.92 bits per heavy atom. The van der Waals surface area contributed by atoms with Gasteiger partial charge in [-0.15, -0.1) is 11.6 Å². The summed E-state index contributed by atoms with van der Waals surface area (Å²) in [5.74, 6) is 0. The number of rotatable bonds is 4. The SMILES string of the molecule is CNCNSC1C=CC(Cl)CC1. The molecular formula is C8H15ClN2S. The Labute approximate surface area is 83.3 Å². The fraction of sp³-hybridized carbons (Fsp3) is 0.750. The Morgan fingerprint density at radius 2 is 2.33 bits per heavy atom. The van der Waals surface area contributed by atoms with E-state index in [0.29, 0.717) is 5.25 Å². The molecule has 0 saturated carbocycles. The molecule has 0 aromatic heterocycles. The number of hydrogen-bond donors (Lipinski definition) is 2. The molecule has 1 aliphatic rings. The summed E-state index contributed by atoms with van der Waals surface area (Å²) in [7, 11) is 1.93. The van der Waals surface area contributed by atoms with E-state index in [0.717, 1.165) is 13.1 Å². The summed E-state index contributed by atoms with van der Waals surface area (Å²) in [4.78, 5) is 0. The topological polar surface area (TPSA) is 24.1 Å². The quantitative estimate of drug-likeness (QED) is 0.241. The number of halogens is 1. The minimum atomic E-state index is 0.256. The van der Waals surface area contributed by atoms with Gasteiger partial charge < -0.3 is 5.32 Å². The molecule has 12 heavy (non-hydrogen) atoms. The van der Waals surface area contributed by atoms with E-state index in [9.17, 15) is 0 Å². The van der Waals surface area contributed by atoms with Crippen LogP contribution in [0.15, 0.2) is 12.2 Å². The highest BCUT2D eigenvalue weighted by Gasteiger charge is 2.13. The van der Waals surface area contributed by atoms with Crippen LogP contribution >= 0.6 is 23.5 Å². The smallest absolute Gasteiger partial charge is 0.0549 e. The summed E-state index contributed by atoms with van der Waals surface area (Å²) in [6.45, 7) is 0.847. The Bertz CT molecular complexity index is 152. The molecule has 0 aromatic carbocycles. The molecule has 70 valence electrons. The predicted molar refractivity (Wildman–Crippen MR) is 56.5 cm³/mol. The van der Waals surface area contributed by atoms with Crippen LogP contribution in [-0.4, -0.2) is 24.3 Å². The Hall–Kier alpha value is 0.300. The molecule has 2 nitrogen and oxygen atoms in total. The Morgan fingerprint density at radius 1 is 1.50 bits per heavy atom. The third kappa shape index (κ3) is 3.81. The van der Waals surface area contributed by atoms with Gasteiger partial charge >= 0.3 is 0 Å². The lowest BCUT2D eigenvalue weighted by atomic mass is 10.1. The molecule has 0 aromatic rings. The van der Waals surface area contributed by atoms with E-state index >= 15 is 0 Å². The summed E-state index contributed by atoms with van der Waals surface area (Å²) in [5.41, 5.74) is 0. The van der Waals surface area contributed by atoms with Crippen molar-refractivity contribution in [2.45, 2.75) is 23.5 Å². The summed E-state index contributed by atoms with van der Waals surface area (Å²) in [6, 6.07) is 0. The molecule has 1 aliphatic carbocycles. The van der Waals surface area contributed by atoms with Crippen molar-refractivity contribution in [2.24, 2.45) is 0 Å². The normalized spacial score (nSPS) is 29.2. The van der Waals surface area contributed by atoms with Gasteiger partial charge in [0.1, 0.15) is 0 Å². The molecule has 2 unspecified atom stereocenters. The molecular weight excluding hydrogens is 192 g/mol. The van der Waals surface area contributed by atoms with Crippen molar-refractivity contribution in [3.8, 4) is 0 Å². The van der Waals surface area contributed by atoms with Crippen LogP contribution in [0.3, 0.4) is 0 Å². The van der Waals surface area contributed by atoms with E-state index in [1.165, 1.54) is 6.42 Å². The maximum atomic E-state index is 5.91. The monoisotopic (exact) mass is 206 g/mol. The zero-order valence-electron chi connectivity index (χ0n) is 7.22. The molecule has 2 atom stereocenters. The van der Waals surface area contributed by atoms with Gasteiger partial charge in [0.25, 0.3) is 0 Å². The van der Waals surface area contributed by atoms with Crippen LogP contribution < -0.4 is 10.0 Å². The molecule has 2 N–H and O–H groups in total. The van der Waals surface area contributed by atoms with Gasteiger partial charge in [-0.1, -0.05) is 24.1 Å². The van der Waals surface area contributed by atoms with E-state index < -0.39 is 0 Å². The summed E-state index contributed by atoms with van der Waals surface area (Å²) in [5, 5.41) is 3.88. The molecule has 0 bridgehead atoms. The van der Waals surface area contributed by atoms with Gasteiger partial charge in [-0.3, -0.25) is 4.72 Å². The fourth-order valence-corrected chi connectivity index (χ4v) is 2.15. The zero-order valence-corrected chi connectivity index (χ0v) is 8.79. The molecule has 0 spiro atoms. The average Bonchev–Trinajstić information content (AvgIpc) is 2.09. The molecule has 4 heteroatoms. The lowest BCUT2D eigenvalue weighted by Gasteiger charge is -2.18. The van der Waals surface area contributed by atoms with Crippen molar-refractivity contribution < 1.29 is 0 Å². The average molecular weight is 207 g/mol. The first-order valence-corrected chi connectivity index (χ1v) is 5.50. The van der Waals surface area contributed by atoms with Gasteiger partial charge in [0.05, 0.1) is 12.0 Å². The van der Waals surface area contributed by atoms with E-state index in [4.69, 9.17) is 11.6 Å². The molecule has 0 heterocycles. The van der Waals surface area contributed by atoms with Gasteiger partial charge in [-0.05, 0) is 19.9 Å². The largest absolute Gasteiger partial charge is 0.307 e. The second kappa shape index (κ2) is 5.86. The third-order valence-electron chi connectivity index (χ3n) is 1.75. The molecule has 0 aliphatic heterocycles. The van der Waals surface area contributed by atoms with E-state index in [1.807, 2.05) is 7.05 Å². The third-order valence-corrected chi connectivity index (χ3v) is 3.12. The molecule has 0 fully saturated rings. The van der Waals surface area contributed by atoms with E-state index in [-0.39, 0.29) is 5.38 Å². The molecule has 0 amide bonds. The number of nitrogens with one attached hydrogen (secondary N) is 2. The highest BCUT2D eigenvalue weighted by molar-refractivity contribution is 7.98. The van der Waals surface area contributed by atoms with Crippen molar-refractivity contribution in [3.63, 3.8) is 0 Å². The van der Waals surface area contributed by atoms with Crippen LogP contribution in [0.4, 0.5) is 0 Å². The van der Waals surface area contributed by atoms with Crippen LogP contribution in [-0.2, 0) is 0 Å². The lowest BCUT2D eigenvalue weighted by Crippen LogP contribution is -2.23. The summed E-state index contributed by atoms with van der Waals surface area (Å²) < 4.78 is 3.23. The Kier molecular flexibility index (Phi) is 5.07. The number of alkyl halides is 1. The standard InChI is InChI=1S/C8H15ClN2S/c1-10-6-11-12-8-4-2-7(9)3-5-8/h2,4,7-8,10-11H,3,5-6H2,1H3. The first kappa shape index (κ1) is 10.4. The van der Waals surface area contributed by atoms with Crippen LogP contribution in [0.1, 0.15) is 12.8 Å². The van der Waals surface area contributed by atoms with Gasteiger partial charge in [0, 0.05) is 5.25 Å². The minimum absolute atomic E-state index is 0.256. The fourth-order valence-electron chi connectivity index (χ4n) is 1.08. The highest BCUT2D eigenvalue weighted by atomic mass is 35.5. The van der Waals surface area contributed by atoms with Gasteiger partial charge in [-0.25, -0.2) is 0 Å². The number of hydrogen-bond acceptors (Lipinski definition) is 3. The summed E-state index contributed by atoms with van der Waals surface area (Å²) >= 11 is 7.68. The van der Waals surface area contributed by atoms with Gasteiger partial charge in [0.2, 0.25) is 0 Å². The molecule has 1 rings (SSSR count). The van der Waals surface area contributed by atoms with Crippen molar-refractivity contribution in [3.05, 3.63) is 12.2 Å². The second-order valence-electron chi connectivity index (χ2n) is 2.81. The van der Waals surface area contributed by atoms with E-state index in [1.54, 1.807) is 11.9 Å². The lowest BCUT2D eigenvalue weighted by molar-refractivity contribution is 0.735. The van der Waals surface area contributed by atoms with Gasteiger partial charge in [-0.2, -0.15) is 0 Å². The van der Waals surface area contributed by atoms with Crippen molar-refractivity contribution >= 4 is 23.5 Å². The minimum Gasteiger partial charge on any atom is -0.307 e. The maximum Gasteiger partial charge on any atom is 0.0549 e. The van der Waals surface area contributed by atoms with Crippen LogP contribution in [0.5, 0.6) is 0 Å². The zero-order chi connectivity index (χ0) is 8.81. The first-order chi connectivity index (χ1) is 5.83.